The number of carbonyl (C=O) groups excluding carboxylic acids is 2. The smallest absolute Gasteiger partial charge is 0.550 e. The first-order valence-electron chi connectivity index (χ1n) is 6.15. The van der Waals surface area contributed by atoms with Crippen LogP contribution < -0.4 is 34.7 Å². The summed E-state index contributed by atoms with van der Waals surface area (Å²) in [5.41, 5.74) is 0.742. The molecular weight excluding hydrogens is 300 g/mol. The second kappa shape index (κ2) is 8.03. The van der Waals surface area contributed by atoms with Gasteiger partial charge in [-0.15, -0.1) is 0 Å². The molecule has 0 bridgehead atoms. The van der Waals surface area contributed by atoms with E-state index in [0.717, 1.165) is 0 Å². The Morgan fingerprint density at radius 2 is 1.91 bits per heavy atom. The number of ketones is 1. The largest absolute Gasteiger partial charge is 1.00 e. The monoisotopic (exact) mass is 311 g/mol. The Balaban J connectivity index is 0.00000242. The van der Waals surface area contributed by atoms with Gasteiger partial charge in [0.15, 0.2) is 5.78 Å². The number of benzene rings is 1. The van der Waals surface area contributed by atoms with Crippen molar-refractivity contribution in [2.75, 3.05) is 0 Å². The molecule has 2 rings (SSSR count). The second-order valence-corrected chi connectivity index (χ2v) is 4.40. The van der Waals surface area contributed by atoms with Crippen molar-refractivity contribution in [2.24, 2.45) is 0 Å². The standard InChI is InChI=1S/C15H12FNO4.Na/c16-11-3-1-2-9(6-11)10-7-13(19)15(17-8-10)12(18)4-5-14(20)21;/h1-3,6-8,19H,4-5H2,(H,20,21);/q;+1/p-1. The minimum absolute atomic E-state index is 0. The van der Waals surface area contributed by atoms with E-state index in [4.69, 9.17) is 0 Å². The van der Waals surface area contributed by atoms with Gasteiger partial charge in [0.25, 0.3) is 0 Å². The molecule has 0 aliphatic carbocycles. The van der Waals surface area contributed by atoms with Crippen molar-refractivity contribution in [3.8, 4) is 16.9 Å². The van der Waals surface area contributed by atoms with Crippen molar-refractivity contribution in [1.29, 1.82) is 0 Å². The molecule has 7 heteroatoms. The molecule has 0 aliphatic heterocycles. The van der Waals surface area contributed by atoms with Gasteiger partial charge in [-0.05, 0) is 30.2 Å². The quantitative estimate of drug-likeness (QED) is 0.526. The summed E-state index contributed by atoms with van der Waals surface area (Å²) in [6.07, 6.45) is 0.578. The van der Waals surface area contributed by atoms with Gasteiger partial charge in [-0.25, -0.2) is 9.37 Å². The maximum absolute atomic E-state index is 13.1. The van der Waals surface area contributed by atoms with Crippen LogP contribution in [0.3, 0.4) is 0 Å². The summed E-state index contributed by atoms with van der Waals surface area (Å²) in [7, 11) is 0. The molecule has 0 amide bonds. The summed E-state index contributed by atoms with van der Waals surface area (Å²) in [4.78, 5) is 25.8. The van der Waals surface area contributed by atoms with Crippen LogP contribution in [0.25, 0.3) is 11.1 Å². The van der Waals surface area contributed by atoms with Crippen LogP contribution in [-0.2, 0) is 4.79 Å². The third kappa shape index (κ3) is 4.62. The molecule has 1 aromatic heterocycles. The molecule has 0 spiro atoms. The molecule has 0 fully saturated rings. The number of hydrogen-bond acceptors (Lipinski definition) is 5. The third-order valence-electron chi connectivity index (χ3n) is 2.85. The Morgan fingerprint density at radius 3 is 2.50 bits per heavy atom. The first kappa shape index (κ1) is 18.3. The van der Waals surface area contributed by atoms with Gasteiger partial charge >= 0.3 is 29.6 Å². The number of Topliss-reactive ketones (excluding diaryl/α,β-unsaturated/α-hetero) is 1. The van der Waals surface area contributed by atoms with Crippen LogP contribution in [0.5, 0.6) is 5.75 Å². The normalized spacial score (nSPS) is 9.86. The zero-order valence-electron chi connectivity index (χ0n) is 11.9. The number of carboxylic acids is 1. The first-order valence-corrected chi connectivity index (χ1v) is 6.15. The summed E-state index contributed by atoms with van der Waals surface area (Å²) in [6.45, 7) is 0. The second-order valence-electron chi connectivity index (χ2n) is 4.40. The van der Waals surface area contributed by atoms with Crippen LogP contribution in [0.4, 0.5) is 4.39 Å². The summed E-state index contributed by atoms with van der Waals surface area (Å²) in [6, 6.07) is 6.99. The van der Waals surface area contributed by atoms with Crippen molar-refractivity contribution in [1.82, 2.24) is 4.98 Å². The number of aromatic hydroxyl groups is 1. The fraction of sp³-hybridized carbons (Fsp3) is 0.133. The van der Waals surface area contributed by atoms with Crippen LogP contribution in [0.15, 0.2) is 36.5 Å². The summed E-state index contributed by atoms with van der Waals surface area (Å²) in [5.74, 6) is -2.75. The molecule has 0 unspecified atom stereocenters. The van der Waals surface area contributed by atoms with E-state index in [9.17, 15) is 24.2 Å². The molecule has 1 N–H and O–H groups in total. The topological polar surface area (TPSA) is 90.3 Å². The molecule has 2 aromatic rings. The molecule has 0 saturated heterocycles. The van der Waals surface area contributed by atoms with Gasteiger partial charge in [-0.3, -0.25) is 4.79 Å². The Morgan fingerprint density at radius 1 is 1.18 bits per heavy atom. The third-order valence-corrected chi connectivity index (χ3v) is 2.85. The van der Waals surface area contributed by atoms with E-state index in [-0.39, 0.29) is 47.4 Å². The van der Waals surface area contributed by atoms with Gasteiger partial charge in [0.1, 0.15) is 17.3 Å². The summed E-state index contributed by atoms with van der Waals surface area (Å²) < 4.78 is 13.1. The number of aliphatic carboxylic acids is 1. The number of nitrogens with zero attached hydrogens (tertiary/aromatic N) is 1. The number of carbonyl (C=O) groups is 2. The summed E-state index contributed by atoms with van der Waals surface area (Å²) in [5, 5.41) is 20.1. The number of hydrogen-bond donors (Lipinski definition) is 1. The van der Waals surface area contributed by atoms with E-state index in [0.29, 0.717) is 11.1 Å². The van der Waals surface area contributed by atoms with Crippen LogP contribution in [-0.4, -0.2) is 21.8 Å². The number of carboxylic acid groups (broad SMARTS) is 1. The van der Waals surface area contributed by atoms with Crippen LogP contribution in [0, 0.1) is 5.82 Å². The molecule has 5 nitrogen and oxygen atoms in total. The van der Waals surface area contributed by atoms with E-state index in [1.807, 2.05) is 0 Å². The van der Waals surface area contributed by atoms with Gasteiger partial charge in [-0.2, -0.15) is 0 Å². The van der Waals surface area contributed by atoms with Gasteiger partial charge < -0.3 is 15.0 Å². The predicted molar refractivity (Wildman–Crippen MR) is 69.9 cm³/mol. The number of halogens is 1. The van der Waals surface area contributed by atoms with E-state index in [1.54, 1.807) is 6.07 Å². The van der Waals surface area contributed by atoms with Crippen molar-refractivity contribution in [3.05, 3.63) is 48.0 Å². The molecule has 0 radical (unpaired) electrons. The zero-order valence-corrected chi connectivity index (χ0v) is 13.9. The van der Waals surface area contributed by atoms with E-state index >= 15 is 0 Å². The van der Waals surface area contributed by atoms with E-state index in [1.165, 1.54) is 30.5 Å². The van der Waals surface area contributed by atoms with Crippen LogP contribution in [0.1, 0.15) is 23.3 Å². The Bertz CT molecular complexity index is 706. The maximum Gasteiger partial charge on any atom is 1.00 e. The fourth-order valence-electron chi connectivity index (χ4n) is 1.83. The molecule has 1 aromatic carbocycles. The van der Waals surface area contributed by atoms with Crippen molar-refractivity contribution in [3.63, 3.8) is 0 Å². The van der Waals surface area contributed by atoms with Gasteiger partial charge in [0.2, 0.25) is 0 Å². The summed E-state index contributed by atoms with van der Waals surface area (Å²) >= 11 is 0. The molecule has 0 saturated carbocycles. The molecule has 108 valence electrons. The maximum atomic E-state index is 13.1. The van der Waals surface area contributed by atoms with Gasteiger partial charge in [0, 0.05) is 24.2 Å². The zero-order chi connectivity index (χ0) is 15.4. The molecule has 0 atom stereocenters. The first-order chi connectivity index (χ1) is 9.97. The number of aromatic nitrogens is 1. The van der Waals surface area contributed by atoms with Crippen LogP contribution in [0.2, 0.25) is 0 Å². The minimum Gasteiger partial charge on any atom is -0.550 e. The van der Waals surface area contributed by atoms with Crippen LogP contribution >= 0.6 is 0 Å². The molecule has 22 heavy (non-hydrogen) atoms. The number of pyridine rings is 1. The van der Waals surface area contributed by atoms with E-state index < -0.39 is 24.0 Å². The van der Waals surface area contributed by atoms with Gasteiger partial charge in [-0.1, -0.05) is 12.1 Å². The predicted octanol–water partition coefficient (Wildman–Crippen LogP) is -1.69. The average Bonchev–Trinajstić information content (AvgIpc) is 2.44. The van der Waals surface area contributed by atoms with Crippen molar-refractivity contribution in [2.45, 2.75) is 12.8 Å². The Hall–Kier alpha value is -1.76. The van der Waals surface area contributed by atoms with Gasteiger partial charge in [0.05, 0.1) is 0 Å². The van der Waals surface area contributed by atoms with E-state index in [2.05, 4.69) is 4.98 Å². The SMILES string of the molecule is O=C([O-])CCC(=O)c1ncc(-c2cccc(F)c2)cc1O.[Na+]. The Labute approximate surface area is 148 Å². The Kier molecular flexibility index (Phi) is 6.67. The molecule has 1 heterocycles. The number of rotatable bonds is 5. The average molecular weight is 311 g/mol. The van der Waals surface area contributed by atoms with Crippen molar-refractivity contribution < 1.29 is 53.7 Å². The molecular formula is C15H11FNNaO4. The minimum atomic E-state index is -1.35. The fourth-order valence-corrected chi connectivity index (χ4v) is 1.83. The molecule has 0 aliphatic rings. The van der Waals surface area contributed by atoms with Crippen molar-refractivity contribution >= 4 is 11.8 Å².